The van der Waals surface area contributed by atoms with Gasteiger partial charge in [0.15, 0.2) is 0 Å². The number of ether oxygens (including phenoxy) is 5. The Morgan fingerprint density at radius 3 is 2.16 bits per heavy atom. The van der Waals surface area contributed by atoms with Gasteiger partial charge in [-0.1, -0.05) is 39.0 Å². The van der Waals surface area contributed by atoms with E-state index in [0.717, 1.165) is 49.7 Å². The normalized spacial score (nSPS) is 17.6. The van der Waals surface area contributed by atoms with E-state index < -0.39 is 74.8 Å². The van der Waals surface area contributed by atoms with Crippen molar-refractivity contribution in [3.05, 3.63) is 35.2 Å². The highest BCUT2D eigenvalue weighted by Crippen LogP contribution is 2.53. The van der Waals surface area contributed by atoms with Crippen molar-refractivity contribution in [1.82, 2.24) is 36.3 Å². The Morgan fingerprint density at radius 2 is 1.54 bits per heavy atom. The molecule has 7 N–H and O–H groups in total. The minimum Gasteiger partial charge on any atom is -0.450 e. The molecule has 0 saturated heterocycles. The highest BCUT2D eigenvalue weighted by molar-refractivity contribution is 7.85. The summed E-state index contributed by atoms with van der Waals surface area (Å²) in [5, 5.41) is 31.5. The van der Waals surface area contributed by atoms with E-state index in [0.29, 0.717) is 70.4 Å². The van der Waals surface area contributed by atoms with Crippen LogP contribution in [0.2, 0.25) is 0 Å². The molecule has 4 amide bonds. The smallest absolute Gasteiger partial charge is 0.450 e. The molecule has 0 bridgehead atoms. The van der Waals surface area contributed by atoms with E-state index in [2.05, 4.69) is 55.5 Å². The van der Waals surface area contributed by atoms with Gasteiger partial charge in [-0.3, -0.25) is 18.9 Å². The van der Waals surface area contributed by atoms with E-state index in [4.69, 9.17) is 24.1 Å². The molecule has 23 heteroatoms. The van der Waals surface area contributed by atoms with Crippen molar-refractivity contribution in [3.63, 3.8) is 0 Å². The van der Waals surface area contributed by atoms with Gasteiger partial charge in [-0.25, -0.2) is 14.3 Å². The summed E-state index contributed by atoms with van der Waals surface area (Å²) < 4.78 is 62.6. The lowest BCUT2D eigenvalue weighted by atomic mass is 9.97. The monoisotopic (exact) mass is 997 g/mol. The number of nitrogens with zero attached hydrogens (tertiary/aromatic N) is 3. The van der Waals surface area contributed by atoms with Gasteiger partial charge < -0.3 is 55.4 Å². The molecule has 1 heterocycles. The van der Waals surface area contributed by atoms with Crippen molar-refractivity contribution in [3.8, 4) is 0 Å². The molecule has 2 aliphatic rings. The van der Waals surface area contributed by atoms with Gasteiger partial charge in [0.2, 0.25) is 17.7 Å². The molecule has 0 aliphatic heterocycles. The van der Waals surface area contributed by atoms with Crippen LogP contribution in [0.1, 0.15) is 105 Å². The largest absolute Gasteiger partial charge is 0.506 e. The molecule has 1 aromatic carbocycles. The number of aryl methyl sites for hydroxylation is 1. The van der Waals surface area contributed by atoms with Gasteiger partial charge in [0.25, 0.3) is 10.1 Å². The third-order valence-electron chi connectivity index (χ3n) is 11.9. The maximum atomic E-state index is 13.4. The third-order valence-corrected chi connectivity index (χ3v) is 12.9. The molecule has 5 atom stereocenters. The van der Waals surface area contributed by atoms with Crippen LogP contribution >= 0.6 is 0 Å². The summed E-state index contributed by atoms with van der Waals surface area (Å²) in [6.07, 6.45) is 1.86. The zero-order valence-electron chi connectivity index (χ0n) is 41.8. The second-order valence-electron chi connectivity index (χ2n) is 18.5. The van der Waals surface area contributed by atoms with Crippen LogP contribution in [-0.2, 0) is 73.2 Å². The predicted octanol–water partition coefficient (Wildman–Crippen LogP) is 4.06. The fraction of sp³-hybridized carbons (Fsp3) is 0.717. The van der Waals surface area contributed by atoms with Crippen LogP contribution in [0.3, 0.4) is 0 Å². The van der Waals surface area contributed by atoms with Crippen molar-refractivity contribution in [2.45, 2.75) is 136 Å². The molecule has 1 aromatic heterocycles. The first-order valence-corrected chi connectivity index (χ1v) is 25.1. The number of alkyl carbamates (subject to hydrolysis) is 1. The van der Waals surface area contributed by atoms with Crippen LogP contribution in [0, 0.1) is 23.7 Å². The predicted molar refractivity (Wildman–Crippen MR) is 254 cm³/mol. The summed E-state index contributed by atoms with van der Waals surface area (Å²) in [7, 11) is -2.96. The lowest BCUT2D eigenvalue weighted by Gasteiger charge is -2.31. The Morgan fingerprint density at radius 1 is 0.884 bits per heavy atom. The van der Waals surface area contributed by atoms with E-state index in [1.165, 1.54) is 19.1 Å². The Labute approximate surface area is 406 Å². The number of fused-ring (bicyclic) bond motifs is 2. The minimum atomic E-state index is -4.83. The molecule has 69 heavy (non-hydrogen) atoms. The van der Waals surface area contributed by atoms with Crippen LogP contribution in [0.5, 0.6) is 0 Å². The van der Waals surface area contributed by atoms with Crippen LogP contribution in [0.4, 0.5) is 15.3 Å². The average molecular weight is 997 g/mol. The van der Waals surface area contributed by atoms with E-state index in [1.54, 1.807) is 27.7 Å². The molecule has 2 aromatic rings. The molecule has 390 valence electrons. The number of anilines is 1. The number of hydrogen-bond donors (Lipinski definition) is 7. The lowest BCUT2D eigenvalue weighted by Crippen LogP contribution is -2.54. The van der Waals surface area contributed by atoms with Gasteiger partial charge in [0, 0.05) is 30.9 Å². The zero-order valence-corrected chi connectivity index (χ0v) is 42.7. The number of aromatic nitrogens is 3. The van der Waals surface area contributed by atoms with Gasteiger partial charge in [-0.05, 0) is 110 Å². The first-order chi connectivity index (χ1) is 32.5. The number of carboxylic acid groups (broad SMARTS) is 1. The van der Waals surface area contributed by atoms with Gasteiger partial charge >= 0.3 is 12.2 Å². The number of carbonyl (C=O) groups is 5. The molecule has 22 nitrogen and oxygen atoms in total. The average Bonchev–Trinajstić information content (AvgIpc) is 3.75. The van der Waals surface area contributed by atoms with Crippen molar-refractivity contribution >= 4 is 45.8 Å². The molecule has 0 spiro atoms. The lowest BCUT2D eigenvalue weighted by molar-refractivity contribution is -0.134. The molecule has 4 rings (SSSR count). The maximum Gasteiger partial charge on any atom is 0.506 e. The van der Waals surface area contributed by atoms with E-state index in [-0.39, 0.29) is 23.6 Å². The standard InChI is InChI=1S/C44H70N8O14S.C2H6/c1-27(2)38(40(55)47-28(3)39(54)48-30-10-9-29(25-65-42(57)58)36(23-30)67(59,60)61)49-37(53)24-44(6,7)66-18-15-43(4,5)52-35-14-12-32-31(11-13-34(35)50-51-52)33(32)26-64-41(56)46-17-20-63-22-21-62-19-16-45-8;1-2/h9-10,23,27-28,31-33,38,45H,11-22,24-26H2,1-8H3,(H,46,56)(H,47,55)(H,48,54)(H,49,53)(H,57,58)(H,59,60,61);1-2H3/t28-,31?,32?,33+,38?;/m0./s1. The SMILES string of the molecule is CC.CNCCOCCOCCNC(=O)OC[C@@H]1C2CCc3nnn(C(C)(C)CCOC(C)(C)CC(=O)NC(C(=O)N[C@@H](C)C(=O)Nc4ccc(COC(=O)O)c(S(=O)(=O)O)c4)C(C)C)c3CCC21. The van der Waals surface area contributed by atoms with Crippen molar-refractivity contribution in [2.24, 2.45) is 23.7 Å². The van der Waals surface area contributed by atoms with Crippen LogP contribution in [0.25, 0.3) is 0 Å². The van der Waals surface area contributed by atoms with Gasteiger partial charge in [0.05, 0.1) is 62.0 Å². The summed E-state index contributed by atoms with van der Waals surface area (Å²) in [5.74, 6) is -0.949. The summed E-state index contributed by atoms with van der Waals surface area (Å²) in [6.45, 7) is 19.7. The highest BCUT2D eigenvalue weighted by Gasteiger charge is 2.50. The number of carbonyl (C=O) groups excluding carboxylic acids is 4. The quantitative estimate of drug-likeness (QED) is 0.0377. The molecule has 3 unspecified atom stereocenters. The number of likely N-dealkylation sites (N-methyl/N-ethyl adjacent to an activating group) is 1. The van der Waals surface area contributed by atoms with Crippen LogP contribution in [-0.4, -0.2) is 141 Å². The van der Waals surface area contributed by atoms with Crippen molar-refractivity contribution in [2.75, 3.05) is 65.1 Å². The molecule has 0 radical (unpaired) electrons. The number of hydrogen-bond acceptors (Lipinski definition) is 15. The van der Waals surface area contributed by atoms with Crippen LogP contribution in [0.15, 0.2) is 23.1 Å². The second-order valence-corrected chi connectivity index (χ2v) is 19.9. The molecular weight excluding hydrogens is 921 g/mol. The minimum absolute atomic E-state index is 0.0584. The highest BCUT2D eigenvalue weighted by atomic mass is 32.2. The summed E-state index contributed by atoms with van der Waals surface area (Å²) in [4.78, 5) is 62.2. The fourth-order valence-corrected chi connectivity index (χ4v) is 8.81. The van der Waals surface area contributed by atoms with Gasteiger partial charge in [-0.15, -0.1) is 5.10 Å². The van der Waals surface area contributed by atoms with Crippen LogP contribution < -0.4 is 26.6 Å². The maximum absolute atomic E-state index is 13.4. The third kappa shape index (κ3) is 19.1. The van der Waals surface area contributed by atoms with Crippen molar-refractivity contribution in [1.29, 1.82) is 0 Å². The van der Waals surface area contributed by atoms with Crippen molar-refractivity contribution < 1.29 is 65.7 Å². The Kier molecular flexibility index (Phi) is 23.2. The topological polar surface area (TPSA) is 297 Å². The summed E-state index contributed by atoms with van der Waals surface area (Å²) >= 11 is 0. The molecule has 1 saturated carbocycles. The number of nitrogens with one attached hydrogen (secondary N) is 5. The molecule has 2 aliphatic carbocycles. The van der Waals surface area contributed by atoms with Gasteiger partial charge in [0.1, 0.15) is 23.6 Å². The summed E-state index contributed by atoms with van der Waals surface area (Å²) in [5.41, 5.74) is 0.470. The molecular formula is C46H76N8O14S. The Balaban J connectivity index is 0.00000622. The van der Waals surface area contributed by atoms with E-state index in [1.807, 2.05) is 25.6 Å². The number of benzene rings is 1. The Hall–Kier alpha value is -4.94. The number of rotatable bonds is 27. The number of amides is 4. The molecule has 1 fully saturated rings. The van der Waals surface area contributed by atoms with E-state index >= 15 is 0 Å². The zero-order chi connectivity index (χ0) is 51.5. The van der Waals surface area contributed by atoms with E-state index in [9.17, 15) is 36.9 Å². The first kappa shape index (κ1) is 58.4. The first-order valence-electron chi connectivity index (χ1n) is 23.7. The van der Waals surface area contributed by atoms with Gasteiger partial charge in [-0.2, -0.15) is 8.42 Å². The summed E-state index contributed by atoms with van der Waals surface area (Å²) in [6, 6.07) is 1.21. The Bertz CT molecular complexity index is 2110. The fourth-order valence-electron chi connectivity index (χ4n) is 8.07. The second kappa shape index (κ2) is 27.5.